The van der Waals surface area contributed by atoms with Crippen LogP contribution in [-0.2, 0) is 18.8 Å². The summed E-state index contributed by atoms with van der Waals surface area (Å²) in [7, 11) is -1.99. The van der Waals surface area contributed by atoms with Crippen LogP contribution in [0.25, 0.3) is 0 Å². The van der Waals surface area contributed by atoms with E-state index in [1.165, 1.54) is 0 Å². The number of ketones is 1. The van der Waals surface area contributed by atoms with E-state index >= 15 is 0 Å². The van der Waals surface area contributed by atoms with E-state index in [0.717, 1.165) is 12.8 Å². The second-order valence-electron chi connectivity index (χ2n) is 9.17. The number of rotatable bonds is 7. The Hall–Kier alpha value is -0.763. The van der Waals surface area contributed by atoms with Gasteiger partial charge in [-0.25, -0.2) is 0 Å². The van der Waals surface area contributed by atoms with Gasteiger partial charge in [-0.2, -0.15) is 0 Å². The van der Waals surface area contributed by atoms with Gasteiger partial charge in [0.25, 0.3) is 0 Å². The summed E-state index contributed by atoms with van der Waals surface area (Å²) in [6.07, 6.45) is 1.68. The third kappa shape index (κ3) is 4.38. The van der Waals surface area contributed by atoms with Gasteiger partial charge in [0.15, 0.2) is 14.1 Å². The van der Waals surface area contributed by atoms with Crippen LogP contribution in [0.3, 0.4) is 0 Å². The predicted molar refractivity (Wildman–Crippen MR) is 102 cm³/mol. The quantitative estimate of drug-likeness (QED) is 0.519. The first-order valence-corrected chi connectivity index (χ1v) is 12.6. The van der Waals surface area contributed by atoms with E-state index in [1.807, 2.05) is 6.92 Å². The fourth-order valence-electron chi connectivity index (χ4n) is 3.75. The number of carbonyl (C=O) groups is 2. The molecule has 1 aliphatic carbocycles. The minimum atomic E-state index is -1.99. The summed E-state index contributed by atoms with van der Waals surface area (Å²) in [4.78, 5) is 25.1. The molecule has 1 saturated heterocycles. The van der Waals surface area contributed by atoms with Crippen LogP contribution in [-0.4, -0.2) is 56.6 Å². The van der Waals surface area contributed by atoms with Crippen LogP contribution >= 0.6 is 0 Å². The summed E-state index contributed by atoms with van der Waals surface area (Å²) >= 11 is 0. The van der Waals surface area contributed by atoms with Gasteiger partial charge in [-0.1, -0.05) is 20.8 Å². The lowest BCUT2D eigenvalue weighted by molar-refractivity contribution is -0.151. The number of nitrogens with one attached hydrogen (secondary N) is 1. The number of hydrogen-bond acceptors (Lipinski definition) is 5. The van der Waals surface area contributed by atoms with Gasteiger partial charge in [-0.3, -0.25) is 9.59 Å². The molecule has 1 aliphatic heterocycles. The first-order chi connectivity index (χ1) is 12.0. The van der Waals surface area contributed by atoms with Gasteiger partial charge in [-0.15, -0.1) is 0 Å². The molecule has 150 valence electrons. The van der Waals surface area contributed by atoms with Crippen LogP contribution in [0.15, 0.2) is 0 Å². The molecule has 0 aromatic rings. The minimum Gasteiger partial charge on any atom is -0.413 e. The summed E-state index contributed by atoms with van der Waals surface area (Å²) in [6.45, 7) is 12.9. The Morgan fingerprint density at radius 2 is 1.92 bits per heavy atom. The molecule has 0 unspecified atom stereocenters. The molecule has 6 nitrogen and oxygen atoms in total. The summed E-state index contributed by atoms with van der Waals surface area (Å²) in [5.74, 6) is -0.470. The molecule has 0 radical (unpaired) electrons. The van der Waals surface area contributed by atoms with E-state index in [9.17, 15) is 9.59 Å². The van der Waals surface area contributed by atoms with E-state index in [-0.39, 0.29) is 53.9 Å². The number of aliphatic hydroxyl groups excluding tert-OH is 1. The summed E-state index contributed by atoms with van der Waals surface area (Å²) in [5, 5.41) is 11.9. The highest BCUT2D eigenvalue weighted by atomic mass is 28.4. The molecule has 2 fully saturated rings. The fraction of sp³-hybridized carbons (Fsp3) is 0.895. The smallest absolute Gasteiger partial charge is 0.228 e. The summed E-state index contributed by atoms with van der Waals surface area (Å²) in [6, 6.07) is -0.171. The highest BCUT2D eigenvalue weighted by Crippen LogP contribution is 2.40. The highest BCUT2D eigenvalue weighted by molar-refractivity contribution is 6.74. The number of carbonyl (C=O) groups excluding carboxylic acids is 2. The minimum absolute atomic E-state index is 0.0209. The fourth-order valence-corrected chi connectivity index (χ4v) is 5.18. The molecular weight excluding hydrogens is 350 g/mol. The average molecular weight is 386 g/mol. The lowest BCUT2D eigenvalue weighted by Gasteiger charge is -2.48. The molecule has 0 aromatic carbocycles. The van der Waals surface area contributed by atoms with Crippen LogP contribution in [0.5, 0.6) is 0 Å². The molecule has 5 atom stereocenters. The molecule has 1 amide bonds. The Labute approximate surface area is 158 Å². The third-order valence-electron chi connectivity index (χ3n) is 6.30. The van der Waals surface area contributed by atoms with Gasteiger partial charge in [0.2, 0.25) is 5.91 Å². The van der Waals surface area contributed by atoms with Gasteiger partial charge in [-0.05, 0) is 44.3 Å². The van der Waals surface area contributed by atoms with Gasteiger partial charge in [0.1, 0.15) is 6.10 Å². The van der Waals surface area contributed by atoms with Gasteiger partial charge >= 0.3 is 0 Å². The van der Waals surface area contributed by atoms with Crippen molar-refractivity contribution in [3.63, 3.8) is 0 Å². The number of amides is 1. The molecule has 0 spiro atoms. The van der Waals surface area contributed by atoms with Crippen LogP contribution in [0.1, 0.15) is 47.0 Å². The molecule has 2 rings (SSSR count). The standard InChI is InChI=1S/C19H35NO5Si/c1-12(25-26(5,6)19(2,3)4)15-16(20-18(15)23)13-8-7-9-14(17(13)22)24-11-10-21/h12-16,21H,7-11H2,1-6H3,(H,20,23)/t12-,13-,14-,15-,16-/m1/s1. The Kier molecular flexibility index (Phi) is 6.70. The maximum atomic E-state index is 12.8. The highest BCUT2D eigenvalue weighted by Gasteiger charge is 2.52. The molecule has 2 N–H and O–H groups in total. The molecular formula is C19H35NO5Si. The second kappa shape index (κ2) is 8.08. The molecule has 7 heteroatoms. The van der Waals surface area contributed by atoms with Crippen molar-refractivity contribution in [1.82, 2.24) is 5.32 Å². The SMILES string of the molecule is C[C@@H](O[Si](C)(C)C(C)(C)C)[C@H]1C(=O)N[C@@H]1[C@H]1CCC[C@@H](OCCO)C1=O. The monoisotopic (exact) mass is 385 g/mol. The van der Waals surface area contributed by atoms with E-state index in [0.29, 0.717) is 6.42 Å². The van der Waals surface area contributed by atoms with Crippen LogP contribution < -0.4 is 5.32 Å². The van der Waals surface area contributed by atoms with E-state index in [1.54, 1.807) is 0 Å². The number of hydrogen-bond donors (Lipinski definition) is 2. The topological polar surface area (TPSA) is 84.9 Å². The number of ether oxygens (including phenoxy) is 1. The van der Waals surface area contributed by atoms with E-state index < -0.39 is 14.4 Å². The average Bonchev–Trinajstić information content (AvgIpc) is 2.50. The first kappa shape index (κ1) is 21.5. The Morgan fingerprint density at radius 3 is 2.46 bits per heavy atom. The normalized spacial score (nSPS) is 31.3. The zero-order valence-corrected chi connectivity index (χ0v) is 18.0. The maximum Gasteiger partial charge on any atom is 0.228 e. The second-order valence-corrected chi connectivity index (χ2v) is 13.9. The van der Waals surface area contributed by atoms with Crippen molar-refractivity contribution in [2.75, 3.05) is 13.2 Å². The van der Waals surface area contributed by atoms with Crippen molar-refractivity contribution in [2.24, 2.45) is 11.8 Å². The van der Waals surface area contributed by atoms with E-state index in [4.69, 9.17) is 14.3 Å². The van der Waals surface area contributed by atoms with Gasteiger partial charge in [0, 0.05) is 5.92 Å². The van der Waals surface area contributed by atoms with Crippen molar-refractivity contribution in [2.45, 2.75) is 83.3 Å². The lowest BCUT2D eigenvalue weighted by Crippen LogP contribution is -2.68. The van der Waals surface area contributed by atoms with Crippen molar-refractivity contribution in [3.05, 3.63) is 0 Å². The zero-order chi connectivity index (χ0) is 19.7. The molecule has 1 heterocycles. The van der Waals surface area contributed by atoms with E-state index in [2.05, 4.69) is 39.2 Å². The van der Waals surface area contributed by atoms with Gasteiger partial charge in [0.05, 0.1) is 31.3 Å². The molecule has 26 heavy (non-hydrogen) atoms. The third-order valence-corrected chi connectivity index (χ3v) is 10.9. The number of aliphatic hydroxyl groups is 1. The molecule has 1 saturated carbocycles. The number of Topliss-reactive ketones (excluding diaryl/α,β-unsaturated/α-hetero) is 1. The molecule has 2 aliphatic rings. The van der Waals surface area contributed by atoms with Crippen molar-refractivity contribution < 1.29 is 23.9 Å². The molecule has 0 aromatic heterocycles. The van der Waals surface area contributed by atoms with Crippen LogP contribution in [0.2, 0.25) is 18.1 Å². The van der Waals surface area contributed by atoms with Crippen molar-refractivity contribution in [1.29, 1.82) is 0 Å². The van der Waals surface area contributed by atoms with Crippen LogP contribution in [0, 0.1) is 11.8 Å². The number of β-lactam (4-membered cyclic amide) rings is 1. The summed E-state index contributed by atoms with van der Waals surface area (Å²) in [5.41, 5.74) is 0. The van der Waals surface area contributed by atoms with Gasteiger partial charge < -0.3 is 19.6 Å². The summed E-state index contributed by atoms with van der Waals surface area (Å²) < 4.78 is 11.9. The van der Waals surface area contributed by atoms with Crippen LogP contribution in [0.4, 0.5) is 0 Å². The van der Waals surface area contributed by atoms with Crippen molar-refractivity contribution in [3.8, 4) is 0 Å². The molecule has 0 bridgehead atoms. The first-order valence-electron chi connectivity index (χ1n) is 9.74. The Morgan fingerprint density at radius 1 is 1.27 bits per heavy atom. The largest absolute Gasteiger partial charge is 0.413 e. The maximum absolute atomic E-state index is 12.8. The zero-order valence-electron chi connectivity index (χ0n) is 17.0. The lowest BCUT2D eigenvalue weighted by atomic mass is 9.71. The Balaban J connectivity index is 2.06. The van der Waals surface area contributed by atoms with Crippen molar-refractivity contribution >= 4 is 20.0 Å². The Bertz CT molecular complexity index is 531. The predicted octanol–water partition coefficient (Wildman–Crippen LogP) is 2.26.